The van der Waals surface area contributed by atoms with Gasteiger partial charge in [-0.2, -0.15) is 5.26 Å². The van der Waals surface area contributed by atoms with E-state index in [9.17, 15) is 9.65 Å². The molecule has 1 saturated carbocycles. The third-order valence-electron chi connectivity index (χ3n) is 5.04. The van der Waals surface area contributed by atoms with Crippen LogP contribution < -0.4 is 14.5 Å². The molecular formula is C19H20FN5O. The molecule has 1 atom stereocenters. The Morgan fingerprint density at radius 1 is 1.27 bits per heavy atom. The van der Waals surface area contributed by atoms with Crippen LogP contribution in [0.4, 0.5) is 15.9 Å². The summed E-state index contributed by atoms with van der Waals surface area (Å²) in [6, 6.07) is 9.41. The van der Waals surface area contributed by atoms with Gasteiger partial charge in [-0.1, -0.05) is 6.07 Å². The fourth-order valence-corrected chi connectivity index (χ4v) is 3.68. The molecule has 1 aromatic carbocycles. The van der Waals surface area contributed by atoms with E-state index in [-0.39, 0.29) is 11.6 Å². The third-order valence-corrected chi connectivity index (χ3v) is 5.04. The van der Waals surface area contributed by atoms with Gasteiger partial charge in [-0.05, 0) is 31.4 Å². The first-order valence-corrected chi connectivity index (χ1v) is 8.79. The van der Waals surface area contributed by atoms with Crippen molar-refractivity contribution < 1.29 is 9.13 Å². The van der Waals surface area contributed by atoms with Crippen LogP contribution in [0.5, 0.6) is 5.88 Å². The molecule has 1 saturated heterocycles. The molecule has 26 heavy (non-hydrogen) atoms. The maximum absolute atomic E-state index is 14.0. The molecule has 1 aromatic heterocycles. The van der Waals surface area contributed by atoms with Crippen molar-refractivity contribution in [2.75, 3.05) is 30.0 Å². The molecule has 0 N–H and O–H groups in total. The van der Waals surface area contributed by atoms with Gasteiger partial charge < -0.3 is 14.5 Å². The number of halogens is 1. The van der Waals surface area contributed by atoms with Gasteiger partial charge in [-0.3, -0.25) is 0 Å². The van der Waals surface area contributed by atoms with Gasteiger partial charge in [-0.25, -0.2) is 14.4 Å². The molecule has 1 aliphatic heterocycles. The lowest BCUT2D eigenvalue weighted by Crippen LogP contribution is -2.40. The van der Waals surface area contributed by atoms with Crippen LogP contribution in [0, 0.1) is 17.1 Å². The molecule has 0 amide bonds. The number of nitriles is 1. The topological polar surface area (TPSA) is 65.3 Å². The van der Waals surface area contributed by atoms with Crippen molar-refractivity contribution in [2.45, 2.75) is 31.3 Å². The Bertz CT molecular complexity index is 848. The molecule has 0 radical (unpaired) electrons. The highest BCUT2D eigenvalue weighted by Gasteiger charge is 2.38. The Hall–Kier alpha value is -2.88. The molecule has 1 aliphatic carbocycles. The molecule has 0 spiro atoms. The fourth-order valence-electron chi connectivity index (χ4n) is 3.68. The Morgan fingerprint density at radius 3 is 2.85 bits per heavy atom. The van der Waals surface area contributed by atoms with Gasteiger partial charge in [0.1, 0.15) is 29.6 Å². The number of anilines is 2. The number of hydrogen-bond donors (Lipinski definition) is 0. The predicted octanol–water partition coefficient (Wildman–Crippen LogP) is 2.74. The number of benzene rings is 1. The Morgan fingerprint density at radius 2 is 2.12 bits per heavy atom. The molecule has 134 valence electrons. The number of nitrogens with zero attached hydrogens (tertiary/aromatic N) is 5. The Kier molecular flexibility index (Phi) is 4.33. The van der Waals surface area contributed by atoms with E-state index >= 15 is 0 Å². The van der Waals surface area contributed by atoms with Gasteiger partial charge in [0, 0.05) is 31.2 Å². The summed E-state index contributed by atoms with van der Waals surface area (Å²) in [7, 11) is 1.60. The first-order chi connectivity index (χ1) is 12.7. The lowest BCUT2D eigenvalue weighted by atomic mass is 10.1. The third kappa shape index (κ3) is 3.03. The van der Waals surface area contributed by atoms with Gasteiger partial charge in [0.2, 0.25) is 5.88 Å². The lowest BCUT2D eigenvalue weighted by Gasteiger charge is -2.30. The first kappa shape index (κ1) is 16.6. The number of aromatic nitrogens is 2. The molecule has 6 nitrogen and oxygen atoms in total. The zero-order valence-electron chi connectivity index (χ0n) is 14.6. The maximum Gasteiger partial charge on any atom is 0.218 e. The monoisotopic (exact) mass is 353 g/mol. The van der Waals surface area contributed by atoms with Gasteiger partial charge in [0.25, 0.3) is 0 Å². The average Bonchev–Trinajstić information content (AvgIpc) is 3.38. The van der Waals surface area contributed by atoms with E-state index in [1.807, 2.05) is 18.2 Å². The second-order valence-corrected chi connectivity index (χ2v) is 6.69. The Labute approximate surface area is 151 Å². The van der Waals surface area contributed by atoms with E-state index in [0.717, 1.165) is 38.2 Å². The van der Waals surface area contributed by atoms with Crippen molar-refractivity contribution in [3.8, 4) is 11.9 Å². The molecule has 4 rings (SSSR count). The van der Waals surface area contributed by atoms with Crippen molar-refractivity contribution in [3.63, 3.8) is 0 Å². The molecular weight excluding hydrogens is 333 g/mol. The summed E-state index contributed by atoms with van der Waals surface area (Å²) in [5.74, 6) is 0.950. The molecule has 7 heteroatoms. The van der Waals surface area contributed by atoms with Crippen LogP contribution in [0.25, 0.3) is 0 Å². The SMILES string of the molecule is COc1cc(N(C2CC2)C2CCN(c3cccc(F)c3C#N)C2)ncn1. The number of hydrogen-bond acceptors (Lipinski definition) is 6. The average molecular weight is 353 g/mol. The standard InChI is InChI=1S/C19H20FN5O/c1-26-19-9-18(22-12-23-19)25(13-5-6-13)14-7-8-24(11-14)17-4-2-3-16(20)15(17)10-21/h2-4,9,12-14H,5-8,11H2,1H3. The minimum absolute atomic E-state index is 0.120. The van der Waals surface area contributed by atoms with E-state index < -0.39 is 5.82 Å². The van der Waals surface area contributed by atoms with Crippen LogP contribution in [-0.4, -0.2) is 42.3 Å². The summed E-state index contributed by atoms with van der Waals surface area (Å²) >= 11 is 0. The van der Waals surface area contributed by atoms with E-state index in [1.54, 1.807) is 13.2 Å². The van der Waals surface area contributed by atoms with E-state index in [2.05, 4.69) is 19.8 Å². The highest BCUT2D eigenvalue weighted by Crippen LogP contribution is 2.37. The van der Waals surface area contributed by atoms with Gasteiger partial charge in [0.05, 0.1) is 12.8 Å². The van der Waals surface area contributed by atoms with Gasteiger partial charge >= 0.3 is 0 Å². The summed E-state index contributed by atoms with van der Waals surface area (Å²) in [6.45, 7) is 1.52. The highest BCUT2D eigenvalue weighted by molar-refractivity contribution is 5.61. The number of methoxy groups -OCH3 is 1. The Balaban J connectivity index is 1.59. The van der Waals surface area contributed by atoms with Crippen molar-refractivity contribution >= 4 is 11.5 Å². The highest BCUT2D eigenvalue weighted by atomic mass is 19.1. The summed E-state index contributed by atoms with van der Waals surface area (Å²) in [4.78, 5) is 13.0. The van der Waals surface area contributed by atoms with Crippen molar-refractivity contribution in [1.29, 1.82) is 5.26 Å². The van der Waals surface area contributed by atoms with Crippen molar-refractivity contribution in [1.82, 2.24) is 9.97 Å². The van der Waals surface area contributed by atoms with Gasteiger partial charge in [0.15, 0.2) is 0 Å². The molecule has 2 aliphatic rings. The van der Waals surface area contributed by atoms with Crippen LogP contribution >= 0.6 is 0 Å². The summed E-state index contributed by atoms with van der Waals surface area (Å²) in [5.41, 5.74) is 0.792. The second kappa shape index (κ2) is 6.79. The zero-order chi connectivity index (χ0) is 18.1. The van der Waals surface area contributed by atoms with Crippen LogP contribution in [-0.2, 0) is 0 Å². The normalized spacial score (nSPS) is 19.3. The quantitative estimate of drug-likeness (QED) is 0.823. The zero-order valence-corrected chi connectivity index (χ0v) is 14.6. The predicted molar refractivity (Wildman–Crippen MR) is 95.8 cm³/mol. The van der Waals surface area contributed by atoms with Gasteiger partial charge in [-0.15, -0.1) is 0 Å². The van der Waals surface area contributed by atoms with E-state index in [0.29, 0.717) is 17.6 Å². The minimum atomic E-state index is -0.465. The summed E-state index contributed by atoms with van der Waals surface area (Å²) in [6.07, 6.45) is 4.75. The minimum Gasteiger partial charge on any atom is -0.481 e. The summed E-state index contributed by atoms with van der Waals surface area (Å²) < 4.78 is 19.2. The number of ether oxygens (including phenoxy) is 1. The van der Waals surface area contributed by atoms with Crippen LogP contribution in [0.2, 0.25) is 0 Å². The maximum atomic E-state index is 14.0. The van der Waals surface area contributed by atoms with E-state index in [1.165, 1.54) is 12.4 Å². The largest absolute Gasteiger partial charge is 0.481 e. The first-order valence-electron chi connectivity index (χ1n) is 8.79. The fraction of sp³-hybridized carbons (Fsp3) is 0.421. The summed E-state index contributed by atoms with van der Waals surface area (Å²) in [5, 5.41) is 9.31. The van der Waals surface area contributed by atoms with Crippen molar-refractivity contribution in [3.05, 3.63) is 42.0 Å². The van der Waals surface area contributed by atoms with Crippen LogP contribution in [0.15, 0.2) is 30.6 Å². The molecule has 0 bridgehead atoms. The van der Waals surface area contributed by atoms with E-state index in [4.69, 9.17) is 4.74 Å². The molecule has 2 aromatic rings. The second-order valence-electron chi connectivity index (χ2n) is 6.69. The lowest BCUT2D eigenvalue weighted by molar-refractivity contribution is 0.396. The number of rotatable bonds is 5. The van der Waals surface area contributed by atoms with Crippen molar-refractivity contribution in [2.24, 2.45) is 0 Å². The molecule has 2 heterocycles. The smallest absolute Gasteiger partial charge is 0.218 e. The molecule has 2 fully saturated rings. The molecule has 1 unspecified atom stereocenters. The van der Waals surface area contributed by atoms with Crippen LogP contribution in [0.3, 0.4) is 0 Å². The van der Waals surface area contributed by atoms with Crippen LogP contribution in [0.1, 0.15) is 24.8 Å².